The van der Waals surface area contributed by atoms with Crippen LogP contribution in [0.3, 0.4) is 0 Å². The van der Waals surface area contributed by atoms with E-state index >= 15 is 0 Å². The number of hydrogen-bond acceptors (Lipinski definition) is 5. The zero-order chi connectivity index (χ0) is 20.1. The molecule has 1 N–H and O–H groups in total. The van der Waals surface area contributed by atoms with E-state index in [0.29, 0.717) is 36.6 Å². The van der Waals surface area contributed by atoms with Crippen LogP contribution < -0.4 is 14.2 Å². The lowest BCUT2D eigenvalue weighted by Gasteiger charge is -2.21. The van der Waals surface area contributed by atoms with E-state index in [1.54, 1.807) is 24.0 Å². The summed E-state index contributed by atoms with van der Waals surface area (Å²) >= 11 is 0. The van der Waals surface area contributed by atoms with Gasteiger partial charge in [0, 0.05) is 17.7 Å². The van der Waals surface area contributed by atoms with Crippen LogP contribution in [0, 0.1) is 5.82 Å². The minimum atomic E-state index is -1.11. The van der Waals surface area contributed by atoms with Gasteiger partial charge in [-0.05, 0) is 43.3 Å². The summed E-state index contributed by atoms with van der Waals surface area (Å²) in [6, 6.07) is 8.79. The third kappa shape index (κ3) is 4.51. The largest absolute Gasteiger partial charge is 0.491 e. The highest BCUT2D eigenvalue weighted by molar-refractivity contribution is 5.95. The summed E-state index contributed by atoms with van der Waals surface area (Å²) < 4.78 is 29.8. The number of carboxylic acids is 1. The molecule has 0 spiro atoms. The number of rotatable bonds is 6. The van der Waals surface area contributed by atoms with Gasteiger partial charge in [0.15, 0.2) is 18.1 Å². The molecule has 1 aliphatic heterocycles. The molecule has 0 saturated heterocycles. The molecule has 1 heterocycles. The molecule has 1 aliphatic rings. The molecule has 0 atom stereocenters. The maximum atomic E-state index is 13.6. The van der Waals surface area contributed by atoms with Crippen molar-refractivity contribution in [1.82, 2.24) is 4.90 Å². The van der Waals surface area contributed by atoms with Crippen molar-refractivity contribution in [3.8, 4) is 17.2 Å². The maximum absolute atomic E-state index is 13.6. The third-order valence-corrected chi connectivity index (χ3v) is 4.13. The van der Waals surface area contributed by atoms with E-state index in [2.05, 4.69) is 0 Å². The van der Waals surface area contributed by atoms with E-state index in [1.807, 2.05) is 0 Å². The first kappa shape index (κ1) is 19.5. The summed E-state index contributed by atoms with van der Waals surface area (Å²) in [5, 5.41) is 8.77. The minimum Gasteiger partial charge on any atom is -0.491 e. The van der Waals surface area contributed by atoms with Crippen molar-refractivity contribution in [2.45, 2.75) is 13.5 Å². The second-order valence-corrected chi connectivity index (χ2v) is 6.10. The smallest absolute Gasteiger partial charge is 0.341 e. The van der Waals surface area contributed by atoms with Gasteiger partial charge >= 0.3 is 5.97 Å². The van der Waals surface area contributed by atoms with Gasteiger partial charge in [-0.3, -0.25) is 4.79 Å². The highest BCUT2D eigenvalue weighted by atomic mass is 19.1. The number of hydrogen-bond donors (Lipinski definition) is 1. The first-order valence-electron chi connectivity index (χ1n) is 8.80. The molecule has 0 fully saturated rings. The highest BCUT2D eigenvalue weighted by Gasteiger charge is 2.22. The Morgan fingerprint density at radius 3 is 2.75 bits per heavy atom. The Morgan fingerprint density at radius 2 is 2.00 bits per heavy atom. The van der Waals surface area contributed by atoms with E-state index in [0.717, 1.165) is 0 Å². The number of nitrogens with zero attached hydrogens (tertiary/aromatic N) is 1. The Kier molecular flexibility index (Phi) is 5.98. The number of carbonyl (C=O) groups is 2. The van der Waals surface area contributed by atoms with Crippen molar-refractivity contribution in [3.63, 3.8) is 0 Å². The van der Waals surface area contributed by atoms with Crippen LogP contribution in [0.15, 0.2) is 36.4 Å². The van der Waals surface area contributed by atoms with Gasteiger partial charge in [0.05, 0.1) is 13.2 Å². The van der Waals surface area contributed by atoms with E-state index in [9.17, 15) is 14.0 Å². The number of halogens is 1. The minimum absolute atomic E-state index is 0.215. The maximum Gasteiger partial charge on any atom is 0.341 e. The van der Waals surface area contributed by atoms with Gasteiger partial charge in [0.25, 0.3) is 5.91 Å². The van der Waals surface area contributed by atoms with Crippen molar-refractivity contribution < 1.29 is 33.3 Å². The van der Waals surface area contributed by atoms with Crippen LogP contribution in [-0.4, -0.2) is 48.2 Å². The fourth-order valence-electron chi connectivity index (χ4n) is 2.89. The molecule has 0 unspecified atom stereocenters. The van der Waals surface area contributed by atoms with Crippen molar-refractivity contribution in [3.05, 3.63) is 53.3 Å². The number of ether oxygens (including phenoxy) is 3. The number of aliphatic carboxylic acids is 1. The summed E-state index contributed by atoms with van der Waals surface area (Å²) in [5.41, 5.74) is 0.947. The molecule has 7 nitrogen and oxygen atoms in total. The van der Waals surface area contributed by atoms with Gasteiger partial charge in [-0.2, -0.15) is 0 Å². The van der Waals surface area contributed by atoms with E-state index < -0.39 is 18.4 Å². The molecule has 0 saturated carbocycles. The Morgan fingerprint density at radius 1 is 1.18 bits per heavy atom. The molecule has 0 radical (unpaired) electrons. The number of carboxylic acid groups (broad SMARTS) is 1. The third-order valence-electron chi connectivity index (χ3n) is 4.13. The molecule has 0 aromatic heterocycles. The lowest BCUT2D eigenvalue weighted by Crippen LogP contribution is -2.32. The topological polar surface area (TPSA) is 85.3 Å². The normalized spacial score (nSPS) is 13.1. The van der Waals surface area contributed by atoms with Gasteiger partial charge in [-0.1, -0.05) is 0 Å². The zero-order valence-corrected chi connectivity index (χ0v) is 15.3. The predicted molar refractivity (Wildman–Crippen MR) is 97.4 cm³/mol. The molecule has 8 heteroatoms. The van der Waals surface area contributed by atoms with Crippen LogP contribution >= 0.6 is 0 Å². The summed E-state index contributed by atoms with van der Waals surface area (Å²) in [6.45, 7) is 2.43. The summed E-state index contributed by atoms with van der Waals surface area (Å²) in [5.74, 6) is -0.691. The van der Waals surface area contributed by atoms with E-state index in [-0.39, 0.29) is 24.0 Å². The first-order valence-corrected chi connectivity index (χ1v) is 8.80. The van der Waals surface area contributed by atoms with E-state index in [4.69, 9.17) is 19.3 Å². The Hall–Kier alpha value is -3.29. The van der Waals surface area contributed by atoms with Crippen molar-refractivity contribution in [2.24, 2.45) is 0 Å². The average molecular weight is 389 g/mol. The second kappa shape index (κ2) is 8.60. The Balaban J connectivity index is 1.83. The van der Waals surface area contributed by atoms with Crippen LogP contribution in [0.4, 0.5) is 4.39 Å². The fourth-order valence-corrected chi connectivity index (χ4v) is 2.89. The molecular weight excluding hydrogens is 369 g/mol. The average Bonchev–Trinajstić information content (AvgIpc) is 2.88. The van der Waals surface area contributed by atoms with Gasteiger partial charge in [-0.15, -0.1) is 0 Å². The molecule has 28 heavy (non-hydrogen) atoms. The fraction of sp³-hybridized carbons (Fsp3) is 0.300. The van der Waals surface area contributed by atoms with Crippen LogP contribution in [0.25, 0.3) is 0 Å². The monoisotopic (exact) mass is 389 g/mol. The first-order chi connectivity index (χ1) is 13.5. The van der Waals surface area contributed by atoms with Crippen molar-refractivity contribution in [2.75, 3.05) is 26.4 Å². The lowest BCUT2D eigenvalue weighted by molar-refractivity contribution is -0.139. The van der Waals surface area contributed by atoms with Crippen LogP contribution in [0.1, 0.15) is 22.8 Å². The number of amides is 1. The molecule has 0 aliphatic carbocycles. The van der Waals surface area contributed by atoms with Gasteiger partial charge in [0.2, 0.25) is 0 Å². The van der Waals surface area contributed by atoms with Gasteiger partial charge in [0.1, 0.15) is 18.2 Å². The molecular formula is C20H20FNO6. The molecule has 2 aromatic rings. The van der Waals surface area contributed by atoms with Gasteiger partial charge < -0.3 is 24.2 Å². The second-order valence-electron chi connectivity index (χ2n) is 6.10. The number of benzene rings is 2. The summed E-state index contributed by atoms with van der Waals surface area (Å²) in [4.78, 5) is 25.2. The molecule has 3 rings (SSSR count). The number of carbonyl (C=O) groups excluding carboxylic acids is 1. The van der Waals surface area contributed by atoms with E-state index in [1.165, 1.54) is 24.3 Å². The molecule has 2 aromatic carbocycles. The SMILES string of the molecule is CCOc1cc(C(=O)N2CCOc3ccc(F)cc3C2)ccc1OCC(=O)O. The molecule has 0 bridgehead atoms. The Labute approximate surface area is 161 Å². The van der Waals surface area contributed by atoms with Crippen LogP contribution in [0.5, 0.6) is 17.2 Å². The Bertz CT molecular complexity index is 885. The van der Waals surface area contributed by atoms with Crippen LogP contribution in [-0.2, 0) is 11.3 Å². The van der Waals surface area contributed by atoms with Gasteiger partial charge in [-0.25, -0.2) is 9.18 Å². The highest BCUT2D eigenvalue weighted by Crippen LogP contribution is 2.30. The lowest BCUT2D eigenvalue weighted by atomic mass is 10.1. The molecule has 148 valence electrons. The zero-order valence-electron chi connectivity index (χ0n) is 15.3. The predicted octanol–water partition coefficient (Wildman–Crippen LogP) is 2.72. The standard InChI is InChI=1S/C20H20FNO6/c1-2-26-18-10-13(3-5-17(18)28-12-19(23)24)20(25)22-7-8-27-16-6-4-15(21)9-14(16)11-22/h3-6,9-10H,2,7-8,11-12H2,1H3,(H,23,24). The van der Waals surface area contributed by atoms with Crippen LogP contribution in [0.2, 0.25) is 0 Å². The summed E-state index contributed by atoms with van der Waals surface area (Å²) in [6.07, 6.45) is 0. The van der Waals surface area contributed by atoms with Crippen molar-refractivity contribution >= 4 is 11.9 Å². The van der Waals surface area contributed by atoms with Crippen molar-refractivity contribution in [1.29, 1.82) is 0 Å². The summed E-state index contributed by atoms with van der Waals surface area (Å²) in [7, 11) is 0. The molecule has 1 amide bonds. The quantitative estimate of drug-likeness (QED) is 0.818. The number of fused-ring (bicyclic) bond motifs is 1.